The van der Waals surface area contributed by atoms with Crippen LogP contribution in [0.5, 0.6) is 0 Å². The first-order chi connectivity index (χ1) is 13.6. The van der Waals surface area contributed by atoms with Crippen LogP contribution in [0.4, 0.5) is 29.2 Å². The molecule has 2 aromatic carbocycles. The number of hydrogen-bond acceptors (Lipinski definition) is 6. The molecule has 0 unspecified atom stereocenters. The third-order valence-corrected chi connectivity index (χ3v) is 5.08. The molecule has 1 aliphatic rings. The van der Waals surface area contributed by atoms with Gasteiger partial charge in [-0.3, -0.25) is 0 Å². The number of rotatable bonds is 5. The Morgan fingerprint density at radius 3 is 1.96 bits per heavy atom. The Hall–Kier alpha value is -3.15. The fraction of sp³-hybridized carbons (Fsp3) is 0.318. The van der Waals surface area contributed by atoms with Gasteiger partial charge in [0.15, 0.2) is 0 Å². The molecule has 3 aromatic rings. The molecule has 144 valence electrons. The molecular formula is C22H26N6. The first kappa shape index (κ1) is 18.2. The predicted molar refractivity (Wildman–Crippen MR) is 115 cm³/mol. The van der Waals surface area contributed by atoms with Crippen molar-refractivity contribution in [3.63, 3.8) is 0 Å². The van der Waals surface area contributed by atoms with Crippen LogP contribution in [0.2, 0.25) is 0 Å². The lowest BCUT2D eigenvalue weighted by Crippen LogP contribution is -2.21. The predicted octanol–water partition coefficient (Wildman–Crippen LogP) is 4.88. The lowest BCUT2D eigenvalue weighted by molar-refractivity contribution is 0.886. The molecule has 4 rings (SSSR count). The zero-order valence-corrected chi connectivity index (χ0v) is 16.7. The van der Waals surface area contributed by atoms with Crippen LogP contribution in [0.15, 0.2) is 42.5 Å². The van der Waals surface area contributed by atoms with Crippen LogP contribution >= 0.6 is 0 Å². The summed E-state index contributed by atoms with van der Waals surface area (Å²) < 4.78 is 0. The number of nitrogens with one attached hydrogen (secondary N) is 2. The van der Waals surface area contributed by atoms with E-state index in [1.807, 2.05) is 12.1 Å². The average molecular weight is 374 g/mol. The molecule has 6 nitrogen and oxygen atoms in total. The van der Waals surface area contributed by atoms with Crippen LogP contribution in [0.3, 0.4) is 0 Å². The van der Waals surface area contributed by atoms with Crippen molar-refractivity contribution in [1.29, 1.82) is 0 Å². The molecule has 1 saturated heterocycles. The molecular weight excluding hydrogens is 348 g/mol. The number of aromatic nitrogens is 3. The number of nitrogens with zero attached hydrogens (tertiary/aromatic N) is 4. The Labute approximate surface area is 166 Å². The van der Waals surface area contributed by atoms with Gasteiger partial charge >= 0.3 is 0 Å². The maximum atomic E-state index is 4.67. The maximum Gasteiger partial charge on any atom is 0.233 e. The van der Waals surface area contributed by atoms with Crippen molar-refractivity contribution in [3.8, 4) is 0 Å². The highest BCUT2D eigenvalue weighted by molar-refractivity contribution is 5.60. The first-order valence-corrected chi connectivity index (χ1v) is 9.76. The highest BCUT2D eigenvalue weighted by Gasteiger charge is 2.17. The Balaban J connectivity index is 1.64. The monoisotopic (exact) mass is 374 g/mol. The van der Waals surface area contributed by atoms with Crippen LogP contribution in [0.1, 0.15) is 29.5 Å². The molecule has 0 spiro atoms. The van der Waals surface area contributed by atoms with Crippen LogP contribution < -0.4 is 15.5 Å². The van der Waals surface area contributed by atoms with E-state index in [4.69, 9.17) is 0 Å². The van der Waals surface area contributed by atoms with Gasteiger partial charge in [0.25, 0.3) is 0 Å². The quantitative estimate of drug-likeness (QED) is 0.663. The van der Waals surface area contributed by atoms with Crippen LogP contribution in [0, 0.1) is 20.8 Å². The Morgan fingerprint density at radius 1 is 0.714 bits per heavy atom. The van der Waals surface area contributed by atoms with E-state index >= 15 is 0 Å². The fourth-order valence-electron chi connectivity index (χ4n) is 3.25. The summed E-state index contributed by atoms with van der Waals surface area (Å²) in [6.45, 7) is 8.25. The van der Waals surface area contributed by atoms with E-state index in [1.165, 1.54) is 29.5 Å². The van der Waals surface area contributed by atoms with Crippen LogP contribution in [-0.4, -0.2) is 28.0 Å². The lowest BCUT2D eigenvalue weighted by atomic mass is 10.1. The summed E-state index contributed by atoms with van der Waals surface area (Å²) in [5.41, 5.74) is 5.65. The van der Waals surface area contributed by atoms with E-state index in [1.54, 1.807) is 0 Å². The van der Waals surface area contributed by atoms with E-state index in [0.717, 1.165) is 24.5 Å². The molecule has 2 N–H and O–H groups in total. The van der Waals surface area contributed by atoms with E-state index in [2.05, 4.69) is 81.6 Å². The smallest absolute Gasteiger partial charge is 0.233 e. The summed E-state index contributed by atoms with van der Waals surface area (Å²) in [4.78, 5) is 16.1. The number of benzene rings is 2. The SMILES string of the molecule is Cc1ccc(Nc2nc(Nc3ccc(C)c(C)c3)nc(N3CCCC3)n2)cc1. The summed E-state index contributed by atoms with van der Waals surface area (Å²) in [6.07, 6.45) is 2.35. The Bertz CT molecular complexity index is 961. The highest BCUT2D eigenvalue weighted by Crippen LogP contribution is 2.23. The van der Waals surface area contributed by atoms with Gasteiger partial charge < -0.3 is 15.5 Å². The van der Waals surface area contributed by atoms with Gasteiger partial charge in [-0.05, 0) is 69.0 Å². The topological polar surface area (TPSA) is 66.0 Å². The summed E-state index contributed by atoms with van der Waals surface area (Å²) in [5.74, 6) is 1.82. The minimum atomic E-state index is 0.548. The minimum absolute atomic E-state index is 0.548. The van der Waals surface area contributed by atoms with Crippen molar-refractivity contribution in [2.24, 2.45) is 0 Å². The Morgan fingerprint density at radius 2 is 1.32 bits per heavy atom. The van der Waals surface area contributed by atoms with E-state index in [0.29, 0.717) is 17.8 Å². The summed E-state index contributed by atoms with van der Waals surface area (Å²) in [7, 11) is 0. The van der Waals surface area contributed by atoms with Gasteiger partial charge in [0.1, 0.15) is 0 Å². The van der Waals surface area contributed by atoms with Crippen molar-refractivity contribution in [1.82, 2.24) is 15.0 Å². The Kier molecular flexibility index (Phi) is 5.10. The lowest BCUT2D eigenvalue weighted by Gasteiger charge is -2.17. The third-order valence-electron chi connectivity index (χ3n) is 5.08. The molecule has 0 atom stereocenters. The molecule has 6 heteroatoms. The van der Waals surface area contributed by atoms with Gasteiger partial charge in [-0.15, -0.1) is 0 Å². The molecule has 1 aromatic heterocycles. The second kappa shape index (κ2) is 7.84. The maximum absolute atomic E-state index is 4.67. The third kappa shape index (κ3) is 4.22. The molecule has 1 aliphatic heterocycles. The van der Waals surface area contributed by atoms with E-state index in [-0.39, 0.29) is 0 Å². The number of anilines is 5. The highest BCUT2D eigenvalue weighted by atomic mass is 15.3. The molecule has 0 amide bonds. The zero-order chi connectivity index (χ0) is 19.5. The van der Waals surface area contributed by atoms with Crippen LogP contribution in [0.25, 0.3) is 0 Å². The first-order valence-electron chi connectivity index (χ1n) is 9.76. The van der Waals surface area contributed by atoms with Crippen molar-refractivity contribution < 1.29 is 0 Å². The number of hydrogen-bond donors (Lipinski definition) is 2. The van der Waals surface area contributed by atoms with E-state index < -0.39 is 0 Å². The fourth-order valence-corrected chi connectivity index (χ4v) is 3.25. The van der Waals surface area contributed by atoms with Crippen LogP contribution in [-0.2, 0) is 0 Å². The largest absolute Gasteiger partial charge is 0.341 e. The molecule has 28 heavy (non-hydrogen) atoms. The molecule has 0 saturated carbocycles. The summed E-state index contributed by atoms with van der Waals surface area (Å²) in [5, 5.41) is 6.66. The van der Waals surface area contributed by atoms with Crippen molar-refractivity contribution >= 4 is 29.2 Å². The second-order valence-electron chi connectivity index (χ2n) is 7.39. The van der Waals surface area contributed by atoms with Gasteiger partial charge in [0.05, 0.1) is 0 Å². The minimum Gasteiger partial charge on any atom is -0.341 e. The van der Waals surface area contributed by atoms with Crippen molar-refractivity contribution in [3.05, 3.63) is 59.2 Å². The van der Waals surface area contributed by atoms with Crippen molar-refractivity contribution in [2.45, 2.75) is 33.6 Å². The van der Waals surface area contributed by atoms with Gasteiger partial charge in [-0.2, -0.15) is 15.0 Å². The van der Waals surface area contributed by atoms with Crippen molar-refractivity contribution in [2.75, 3.05) is 28.6 Å². The standard InChI is InChI=1S/C22H26N6/c1-15-6-9-18(10-7-15)23-20-25-21(24-19-11-8-16(2)17(3)14-19)27-22(26-20)28-12-4-5-13-28/h6-11,14H,4-5,12-13H2,1-3H3,(H2,23,24,25,26,27). The van der Waals surface area contributed by atoms with E-state index in [9.17, 15) is 0 Å². The molecule has 2 heterocycles. The number of aryl methyl sites for hydroxylation is 3. The second-order valence-corrected chi connectivity index (χ2v) is 7.39. The summed E-state index contributed by atoms with van der Waals surface area (Å²) >= 11 is 0. The van der Waals surface area contributed by atoms with Gasteiger partial charge in [-0.1, -0.05) is 23.8 Å². The normalized spacial score (nSPS) is 13.6. The zero-order valence-electron chi connectivity index (χ0n) is 16.7. The van der Waals surface area contributed by atoms with Gasteiger partial charge in [0, 0.05) is 24.5 Å². The average Bonchev–Trinajstić information content (AvgIpc) is 3.21. The molecule has 0 aliphatic carbocycles. The molecule has 1 fully saturated rings. The van der Waals surface area contributed by atoms with Gasteiger partial charge in [-0.25, -0.2) is 0 Å². The summed E-state index contributed by atoms with van der Waals surface area (Å²) in [6, 6.07) is 14.5. The molecule has 0 bridgehead atoms. The van der Waals surface area contributed by atoms with Gasteiger partial charge in [0.2, 0.25) is 17.8 Å². The molecule has 0 radical (unpaired) electrons.